The first-order valence-corrected chi connectivity index (χ1v) is 7.70. The zero-order chi connectivity index (χ0) is 17.2. The summed E-state index contributed by atoms with van der Waals surface area (Å²) in [5.41, 5.74) is -0.939. The molecule has 0 heterocycles. The normalized spacial score (nSPS) is 11.9. The fourth-order valence-corrected chi connectivity index (χ4v) is 2.78. The van der Waals surface area contributed by atoms with Crippen molar-refractivity contribution >= 4 is 17.7 Å². The highest BCUT2D eigenvalue weighted by Gasteiger charge is 2.33. The maximum atomic E-state index is 13.6. The van der Waals surface area contributed by atoms with Crippen LogP contribution in [0.4, 0.5) is 17.6 Å². The van der Waals surface area contributed by atoms with E-state index >= 15 is 0 Å². The molecule has 0 N–H and O–H groups in total. The van der Waals surface area contributed by atoms with E-state index < -0.39 is 33.6 Å². The van der Waals surface area contributed by atoms with E-state index in [2.05, 4.69) is 0 Å². The largest absolute Gasteiger partial charge is 0.343 e. The van der Waals surface area contributed by atoms with E-state index in [1.165, 1.54) is 4.90 Å². The van der Waals surface area contributed by atoms with Gasteiger partial charge in [-0.05, 0) is 13.8 Å². The summed E-state index contributed by atoms with van der Waals surface area (Å²) >= 11 is 0.589. The van der Waals surface area contributed by atoms with Crippen LogP contribution in [0.25, 0.3) is 0 Å². The van der Waals surface area contributed by atoms with Crippen molar-refractivity contribution in [3.05, 3.63) is 29.3 Å². The van der Waals surface area contributed by atoms with Crippen LogP contribution >= 0.6 is 11.8 Å². The van der Waals surface area contributed by atoms with Gasteiger partial charge in [-0.25, -0.2) is 17.6 Å². The molecular weight excluding hydrogens is 318 g/mol. The molecule has 7 heteroatoms. The molecule has 0 fully saturated rings. The van der Waals surface area contributed by atoms with E-state index in [0.717, 1.165) is 0 Å². The quantitative estimate of drug-likeness (QED) is 0.455. The number of halogens is 4. The first-order chi connectivity index (χ1) is 9.99. The third-order valence-electron chi connectivity index (χ3n) is 3.32. The minimum Gasteiger partial charge on any atom is -0.343 e. The van der Waals surface area contributed by atoms with Gasteiger partial charge in [0.05, 0.1) is 10.3 Å². The Morgan fingerprint density at radius 1 is 1.18 bits per heavy atom. The molecule has 124 valence electrons. The number of carbonyl (C=O) groups is 1. The van der Waals surface area contributed by atoms with Crippen LogP contribution in [0.3, 0.4) is 0 Å². The Hall–Kier alpha value is -1.24. The zero-order valence-electron chi connectivity index (χ0n) is 13.1. The fraction of sp³-hybridized carbons (Fsp3) is 0.533. The summed E-state index contributed by atoms with van der Waals surface area (Å²) in [5, 5.41) is 0. The minimum absolute atomic E-state index is 0.0143. The molecule has 1 aromatic carbocycles. The molecule has 22 heavy (non-hydrogen) atoms. The van der Waals surface area contributed by atoms with Gasteiger partial charge in [-0.2, -0.15) is 0 Å². The molecule has 0 aliphatic rings. The van der Waals surface area contributed by atoms with Gasteiger partial charge in [-0.3, -0.25) is 4.79 Å². The Labute approximate surface area is 131 Å². The van der Waals surface area contributed by atoms with Gasteiger partial charge in [0.15, 0.2) is 23.3 Å². The SMILES string of the molecule is CC(C)N(C)C(=O)C(C)(C)CSc1c(F)c(F)cc(F)c1F. The molecule has 1 amide bonds. The lowest BCUT2D eigenvalue weighted by atomic mass is 9.94. The van der Waals surface area contributed by atoms with Crippen LogP contribution in [0.15, 0.2) is 11.0 Å². The van der Waals surface area contributed by atoms with Crippen molar-refractivity contribution in [2.24, 2.45) is 5.41 Å². The summed E-state index contributed by atoms with van der Waals surface area (Å²) in [4.78, 5) is 13.1. The van der Waals surface area contributed by atoms with Gasteiger partial charge < -0.3 is 4.90 Å². The summed E-state index contributed by atoms with van der Waals surface area (Å²) in [7, 11) is 1.63. The number of carbonyl (C=O) groups excluding carboxylic acids is 1. The van der Waals surface area contributed by atoms with Crippen molar-refractivity contribution in [2.75, 3.05) is 12.8 Å². The molecule has 0 bridgehead atoms. The van der Waals surface area contributed by atoms with Crippen LogP contribution in [-0.2, 0) is 4.79 Å². The van der Waals surface area contributed by atoms with Gasteiger partial charge in [-0.1, -0.05) is 13.8 Å². The average molecular weight is 337 g/mol. The van der Waals surface area contributed by atoms with Gasteiger partial charge in [-0.15, -0.1) is 11.8 Å². The van der Waals surface area contributed by atoms with Crippen LogP contribution in [0.5, 0.6) is 0 Å². The van der Waals surface area contributed by atoms with Crippen molar-refractivity contribution < 1.29 is 22.4 Å². The van der Waals surface area contributed by atoms with Crippen LogP contribution in [0, 0.1) is 28.7 Å². The summed E-state index contributed by atoms with van der Waals surface area (Å²) in [6.45, 7) is 6.91. The molecule has 0 radical (unpaired) electrons. The number of thioether (sulfide) groups is 1. The topological polar surface area (TPSA) is 20.3 Å². The monoisotopic (exact) mass is 337 g/mol. The number of hydrogen-bond donors (Lipinski definition) is 0. The van der Waals surface area contributed by atoms with Gasteiger partial charge in [0, 0.05) is 24.9 Å². The van der Waals surface area contributed by atoms with E-state index in [-0.39, 0.29) is 23.8 Å². The molecule has 0 unspecified atom stereocenters. The number of rotatable bonds is 5. The number of nitrogens with zero attached hydrogens (tertiary/aromatic N) is 1. The van der Waals surface area contributed by atoms with Crippen molar-refractivity contribution in [1.29, 1.82) is 0 Å². The second-order valence-corrected chi connectivity index (χ2v) is 6.97. The molecule has 0 saturated carbocycles. The first kappa shape index (κ1) is 18.8. The smallest absolute Gasteiger partial charge is 0.229 e. The minimum atomic E-state index is -1.45. The lowest BCUT2D eigenvalue weighted by molar-refractivity contribution is -0.139. The van der Waals surface area contributed by atoms with E-state index in [1.807, 2.05) is 13.8 Å². The van der Waals surface area contributed by atoms with E-state index in [9.17, 15) is 22.4 Å². The standard InChI is InChI=1S/C15H19F4NOS/c1-8(2)20(5)14(21)15(3,4)7-22-13-11(18)9(16)6-10(17)12(13)19/h6,8H,7H2,1-5H3. The number of amides is 1. The summed E-state index contributed by atoms with van der Waals surface area (Å²) < 4.78 is 53.5. The molecule has 0 aliphatic heterocycles. The number of benzene rings is 1. The van der Waals surface area contributed by atoms with Gasteiger partial charge in [0.25, 0.3) is 0 Å². The third kappa shape index (κ3) is 3.94. The lowest BCUT2D eigenvalue weighted by Crippen LogP contribution is -2.43. The second kappa shape index (κ2) is 6.89. The molecule has 2 nitrogen and oxygen atoms in total. The molecule has 0 aliphatic carbocycles. The molecule has 1 rings (SSSR count). The molecule has 0 saturated heterocycles. The Balaban J connectivity index is 2.97. The maximum absolute atomic E-state index is 13.6. The summed E-state index contributed by atoms with van der Waals surface area (Å²) in [6, 6.07) is 0.134. The predicted molar refractivity (Wildman–Crippen MR) is 78.7 cm³/mol. The Morgan fingerprint density at radius 2 is 1.64 bits per heavy atom. The van der Waals surface area contributed by atoms with Gasteiger partial charge >= 0.3 is 0 Å². The molecule has 0 atom stereocenters. The van der Waals surface area contributed by atoms with Gasteiger partial charge in [0.1, 0.15) is 0 Å². The van der Waals surface area contributed by atoms with Crippen LogP contribution < -0.4 is 0 Å². The summed E-state index contributed by atoms with van der Waals surface area (Å²) in [5.74, 6) is -6.02. The Morgan fingerprint density at radius 3 is 2.05 bits per heavy atom. The van der Waals surface area contributed by atoms with Crippen molar-refractivity contribution in [2.45, 2.75) is 38.6 Å². The van der Waals surface area contributed by atoms with Crippen LogP contribution in [0.2, 0.25) is 0 Å². The first-order valence-electron chi connectivity index (χ1n) is 6.72. The van der Waals surface area contributed by atoms with Crippen molar-refractivity contribution in [1.82, 2.24) is 4.90 Å². The average Bonchev–Trinajstić information content (AvgIpc) is 2.43. The Kier molecular flexibility index (Phi) is 5.89. The van der Waals surface area contributed by atoms with Crippen LogP contribution in [-0.4, -0.2) is 29.6 Å². The molecule has 1 aromatic rings. The van der Waals surface area contributed by atoms with Crippen LogP contribution in [0.1, 0.15) is 27.7 Å². The maximum Gasteiger partial charge on any atom is 0.229 e. The highest BCUT2D eigenvalue weighted by molar-refractivity contribution is 7.99. The van der Waals surface area contributed by atoms with Crippen molar-refractivity contribution in [3.8, 4) is 0 Å². The fourth-order valence-electron chi connectivity index (χ4n) is 1.70. The second-order valence-electron chi connectivity index (χ2n) is 5.98. The highest BCUT2D eigenvalue weighted by atomic mass is 32.2. The van der Waals surface area contributed by atoms with Gasteiger partial charge in [0.2, 0.25) is 5.91 Å². The lowest BCUT2D eigenvalue weighted by Gasteiger charge is -2.31. The van der Waals surface area contributed by atoms with Crippen molar-refractivity contribution in [3.63, 3.8) is 0 Å². The molecule has 0 aromatic heterocycles. The zero-order valence-corrected chi connectivity index (χ0v) is 14.0. The third-order valence-corrected chi connectivity index (χ3v) is 4.84. The van der Waals surface area contributed by atoms with E-state index in [4.69, 9.17) is 0 Å². The Bertz CT molecular complexity index is 549. The predicted octanol–water partition coefficient (Wildman–Crippen LogP) is 4.23. The number of hydrogen-bond acceptors (Lipinski definition) is 2. The highest BCUT2D eigenvalue weighted by Crippen LogP contribution is 2.34. The van der Waals surface area contributed by atoms with E-state index in [1.54, 1.807) is 20.9 Å². The molecular formula is C15H19F4NOS. The van der Waals surface area contributed by atoms with E-state index in [0.29, 0.717) is 11.8 Å². The summed E-state index contributed by atoms with van der Waals surface area (Å²) in [6.07, 6.45) is 0. The molecule has 0 spiro atoms.